The number of methoxy groups -OCH3 is 2. The Morgan fingerprint density at radius 2 is 1.70 bits per heavy atom. The first kappa shape index (κ1) is 23.5. The first-order valence-corrected chi connectivity index (χ1v) is 10.9. The van der Waals surface area contributed by atoms with Crippen LogP contribution in [0.2, 0.25) is 0 Å². The second-order valence-electron chi connectivity index (χ2n) is 6.61. The van der Waals surface area contributed by atoms with Crippen molar-refractivity contribution in [2.45, 2.75) is 38.3 Å². The lowest BCUT2D eigenvalue weighted by molar-refractivity contribution is -0.122. The van der Waals surface area contributed by atoms with Gasteiger partial charge in [0.05, 0.1) is 31.8 Å². The van der Waals surface area contributed by atoms with Gasteiger partial charge in [0.25, 0.3) is 0 Å². The van der Waals surface area contributed by atoms with E-state index in [4.69, 9.17) is 14.2 Å². The Bertz CT molecular complexity index is 991. The average molecular weight is 437 g/mol. The van der Waals surface area contributed by atoms with Crippen LogP contribution in [-0.2, 0) is 21.4 Å². The van der Waals surface area contributed by atoms with Crippen molar-refractivity contribution in [1.82, 2.24) is 10.0 Å². The van der Waals surface area contributed by atoms with E-state index in [1.54, 1.807) is 38.3 Å². The molecule has 0 bridgehead atoms. The van der Waals surface area contributed by atoms with Gasteiger partial charge in [-0.15, -0.1) is 0 Å². The molecule has 0 aliphatic heterocycles. The number of sulfonamides is 1. The zero-order valence-electron chi connectivity index (χ0n) is 17.8. The Morgan fingerprint density at radius 3 is 2.30 bits per heavy atom. The molecule has 8 nitrogen and oxygen atoms in total. The molecule has 0 saturated heterocycles. The van der Waals surface area contributed by atoms with Gasteiger partial charge < -0.3 is 19.5 Å². The van der Waals surface area contributed by atoms with E-state index in [1.165, 1.54) is 26.2 Å². The molecule has 0 aliphatic carbocycles. The number of benzene rings is 2. The van der Waals surface area contributed by atoms with E-state index in [9.17, 15) is 13.2 Å². The van der Waals surface area contributed by atoms with Crippen LogP contribution >= 0.6 is 0 Å². The number of hydrogen-bond donors (Lipinski definition) is 2. The van der Waals surface area contributed by atoms with Crippen LogP contribution in [-0.4, -0.2) is 41.2 Å². The second-order valence-corrected chi connectivity index (χ2v) is 8.32. The molecule has 164 valence electrons. The molecule has 0 radical (unpaired) electrons. The third-order valence-electron chi connectivity index (χ3n) is 4.40. The summed E-state index contributed by atoms with van der Waals surface area (Å²) in [5, 5.41) is 2.72. The smallest absolute Gasteiger partial charge is 0.241 e. The fourth-order valence-electron chi connectivity index (χ4n) is 2.79. The number of rotatable bonds is 10. The van der Waals surface area contributed by atoms with Gasteiger partial charge in [-0.25, -0.2) is 8.42 Å². The molecular weight excluding hydrogens is 408 g/mol. The van der Waals surface area contributed by atoms with Crippen LogP contribution < -0.4 is 24.2 Å². The average Bonchev–Trinajstić information content (AvgIpc) is 2.72. The third kappa shape index (κ3) is 5.87. The molecule has 0 fully saturated rings. The highest BCUT2D eigenvalue weighted by Crippen LogP contribution is 2.27. The first-order valence-electron chi connectivity index (χ1n) is 9.46. The number of hydrogen-bond acceptors (Lipinski definition) is 6. The van der Waals surface area contributed by atoms with E-state index in [-0.39, 0.29) is 11.4 Å². The van der Waals surface area contributed by atoms with E-state index >= 15 is 0 Å². The maximum atomic E-state index is 12.6. The van der Waals surface area contributed by atoms with Crippen LogP contribution in [0.4, 0.5) is 0 Å². The van der Waals surface area contributed by atoms with Crippen molar-refractivity contribution in [2.24, 2.45) is 0 Å². The molecular formula is C21H28N2O6S. The number of amides is 1. The van der Waals surface area contributed by atoms with Gasteiger partial charge in [-0.3, -0.25) is 4.79 Å². The second kappa shape index (κ2) is 10.3. The topological polar surface area (TPSA) is 103 Å². The number of aryl methyl sites for hydroxylation is 1. The van der Waals surface area contributed by atoms with Gasteiger partial charge in [0.1, 0.15) is 5.75 Å². The number of ether oxygens (including phenoxy) is 3. The zero-order chi connectivity index (χ0) is 22.3. The predicted molar refractivity (Wildman–Crippen MR) is 114 cm³/mol. The summed E-state index contributed by atoms with van der Waals surface area (Å²) in [5.74, 6) is 1.30. The standard InChI is InChI=1S/C21H28N2O6S/c1-6-29-18-10-8-17(11-14(18)2)30(25,26)23-15(3)21(24)22-13-16-7-9-19(27-4)20(12-16)28-5/h7-12,15,23H,6,13H2,1-5H3,(H,22,24). The van der Waals surface area contributed by atoms with E-state index in [1.807, 2.05) is 6.92 Å². The molecule has 1 atom stereocenters. The molecule has 2 aromatic carbocycles. The maximum Gasteiger partial charge on any atom is 0.241 e. The van der Waals surface area contributed by atoms with Crippen LogP contribution in [0.25, 0.3) is 0 Å². The normalized spacial score (nSPS) is 12.2. The minimum atomic E-state index is -3.86. The van der Waals surface area contributed by atoms with Crippen molar-refractivity contribution in [3.8, 4) is 17.2 Å². The van der Waals surface area contributed by atoms with Gasteiger partial charge in [-0.05, 0) is 62.2 Å². The van der Waals surface area contributed by atoms with Crippen molar-refractivity contribution in [1.29, 1.82) is 0 Å². The van der Waals surface area contributed by atoms with Gasteiger partial charge >= 0.3 is 0 Å². The van der Waals surface area contributed by atoms with E-state index in [0.717, 1.165) is 5.56 Å². The fraction of sp³-hybridized carbons (Fsp3) is 0.381. The van der Waals surface area contributed by atoms with Crippen molar-refractivity contribution < 1.29 is 27.4 Å². The Balaban J connectivity index is 2.02. The van der Waals surface area contributed by atoms with Gasteiger partial charge in [-0.1, -0.05) is 6.07 Å². The summed E-state index contributed by atoms with van der Waals surface area (Å²) >= 11 is 0. The highest BCUT2D eigenvalue weighted by atomic mass is 32.2. The summed E-state index contributed by atoms with van der Waals surface area (Å²) < 4.78 is 43.5. The van der Waals surface area contributed by atoms with Crippen LogP contribution in [0.5, 0.6) is 17.2 Å². The minimum Gasteiger partial charge on any atom is -0.494 e. The summed E-state index contributed by atoms with van der Waals surface area (Å²) in [5.41, 5.74) is 1.49. The Morgan fingerprint density at radius 1 is 1.03 bits per heavy atom. The molecule has 2 rings (SSSR count). The quantitative estimate of drug-likeness (QED) is 0.593. The summed E-state index contributed by atoms with van der Waals surface area (Å²) in [4.78, 5) is 12.5. The molecule has 2 N–H and O–H groups in total. The summed E-state index contributed by atoms with van der Waals surface area (Å²) in [7, 11) is -0.796. The molecule has 0 heterocycles. The Hall–Kier alpha value is -2.78. The van der Waals surface area contributed by atoms with Gasteiger partial charge in [0.2, 0.25) is 15.9 Å². The molecule has 1 unspecified atom stereocenters. The largest absolute Gasteiger partial charge is 0.494 e. The fourth-order valence-corrected chi connectivity index (χ4v) is 4.08. The summed E-state index contributed by atoms with van der Waals surface area (Å²) in [6.07, 6.45) is 0. The van der Waals surface area contributed by atoms with Crippen molar-refractivity contribution in [2.75, 3.05) is 20.8 Å². The van der Waals surface area contributed by atoms with Crippen LogP contribution in [0, 0.1) is 6.92 Å². The molecule has 0 aromatic heterocycles. The zero-order valence-corrected chi connectivity index (χ0v) is 18.6. The predicted octanol–water partition coefficient (Wildman–Crippen LogP) is 2.39. The molecule has 0 saturated carbocycles. The van der Waals surface area contributed by atoms with Crippen LogP contribution in [0.1, 0.15) is 25.0 Å². The van der Waals surface area contributed by atoms with E-state index in [2.05, 4.69) is 10.0 Å². The first-order chi connectivity index (χ1) is 14.2. The third-order valence-corrected chi connectivity index (χ3v) is 5.93. The molecule has 2 aromatic rings. The lowest BCUT2D eigenvalue weighted by atomic mass is 10.2. The monoisotopic (exact) mass is 436 g/mol. The number of carbonyl (C=O) groups excluding carboxylic acids is 1. The van der Waals surface area contributed by atoms with Gasteiger partial charge in [-0.2, -0.15) is 4.72 Å². The van der Waals surface area contributed by atoms with Crippen molar-refractivity contribution in [3.63, 3.8) is 0 Å². The molecule has 1 amide bonds. The van der Waals surface area contributed by atoms with Crippen LogP contribution in [0.15, 0.2) is 41.3 Å². The van der Waals surface area contributed by atoms with Crippen molar-refractivity contribution >= 4 is 15.9 Å². The SMILES string of the molecule is CCOc1ccc(S(=O)(=O)NC(C)C(=O)NCc2ccc(OC)c(OC)c2)cc1C. The maximum absolute atomic E-state index is 12.6. The number of carbonyl (C=O) groups is 1. The highest BCUT2D eigenvalue weighted by Gasteiger charge is 2.22. The van der Waals surface area contributed by atoms with Gasteiger partial charge in [0, 0.05) is 6.54 Å². The molecule has 0 spiro atoms. The number of nitrogens with one attached hydrogen (secondary N) is 2. The minimum absolute atomic E-state index is 0.0722. The lowest BCUT2D eigenvalue weighted by Gasteiger charge is -2.16. The van der Waals surface area contributed by atoms with Crippen molar-refractivity contribution in [3.05, 3.63) is 47.5 Å². The van der Waals surface area contributed by atoms with Gasteiger partial charge in [0.15, 0.2) is 11.5 Å². The van der Waals surface area contributed by atoms with Crippen LogP contribution in [0.3, 0.4) is 0 Å². The van der Waals surface area contributed by atoms with E-state index in [0.29, 0.717) is 29.4 Å². The molecule has 9 heteroatoms. The highest BCUT2D eigenvalue weighted by molar-refractivity contribution is 7.89. The Labute approximate surface area is 177 Å². The summed E-state index contributed by atoms with van der Waals surface area (Å²) in [6, 6.07) is 8.89. The Kier molecular flexibility index (Phi) is 8.08. The molecule has 0 aliphatic rings. The summed E-state index contributed by atoms with van der Waals surface area (Å²) in [6.45, 7) is 5.82. The lowest BCUT2D eigenvalue weighted by Crippen LogP contribution is -2.44. The molecule has 30 heavy (non-hydrogen) atoms. The van der Waals surface area contributed by atoms with E-state index < -0.39 is 22.0 Å².